The Balaban J connectivity index is 0.00000840. The quantitative estimate of drug-likeness (QED) is 0.107. The number of ether oxygens (including phenoxy) is 2. The summed E-state index contributed by atoms with van der Waals surface area (Å²) in [7, 11) is 0. The maximum Gasteiger partial charge on any atom is 3.00 e. The van der Waals surface area contributed by atoms with E-state index in [0.29, 0.717) is 35.7 Å². The van der Waals surface area contributed by atoms with Crippen molar-refractivity contribution in [1.82, 2.24) is 10.6 Å². The van der Waals surface area contributed by atoms with E-state index in [1.807, 2.05) is 39.8 Å². The zero-order valence-corrected chi connectivity index (χ0v) is 31.1. The topological polar surface area (TPSA) is 113 Å². The van der Waals surface area contributed by atoms with Gasteiger partial charge in [-0.25, -0.2) is 0 Å². The molecule has 0 aliphatic carbocycles. The number of hydrogen-bond acceptors (Lipinski definition) is 8. The maximum atomic E-state index is 12.5. The SMILES string of the molecule is CC(C)Oc1cccc(C=NCC(C)(C)CNCCNCC(C)(C)CN=Cc2cccc(OC(C)C)c2[O-])c1[O-].[68Ga+3].[I-]. The van der Waals surface area contributed by atoms with Gasteiger partial charge >= 0.3 is 19.8 Å². The predicted molar refractivity (Wildman–Crippen MR) is 167 cm³/mol. The van der Waals surface area contributed by atoms with Gasteiger partial charge in [-0.3, -0.25) is 9.98 Å². The molecular formula is C32H48GaIN4O4. The van der Waals surface area contributed by atoms with Gasteiger partial charge in [0.15, 0.2) is 0 Å². The van der Waals surface area contributed by atoms with E-state index in [1.54, 1.807) is 36.7 Å². The molecule has 0 unspecified atom stereocenters. The average molecular weight is 748 g/mol. The Morgan fingerprint density at radius 1 is 0.714 bits per heavy atom. The fourth-order valence-electron chi connectivity index (χ4n) is 3.89. The number of nitrogens with one attached hydrogen (secondary N) is 2. The van der Waals surface area contributed by atoms with Gasteiger partial charge in [0.1, 0.15) is 11.5 Å². The van der Waals surface area contributed by atoms with E-state index in [0.717, 1.165) is 26.2 Å². The van der Waals surface area contributed by atoms with Crippen molar-refractivity contribution in [2.45, 2.75) is 67.6 Å². The summed E-state index contributed by atoms with van der Waals surface area (Å²) >= 11 is 0. The van der Waals surface area contributed by atoms with Crippen LogP contribution in [-0.2, 0) is 0 Å². The molecule has 0 aliphatic rings. The Bertz CT molecular complexity index is 1040. The summed E-state index contributed by atoms with van der Waals surface area (Å²) < 4.78 is 11.2. The molecule has 2 rings (SSSR count). The van der Waals surface area contributed by atoms with Crippen molar-refractivity contribution >= 4 is 32.2 Å². The van der Waals surface area contributed by atoms with Crippen LogP contribution in [0.2, 0.25) is 0 Å². The summed E-state index contributed by atoms with van der Waals surface area (Å²) in [6.45, 7) is 20.7. The van der Waals surface area contributed by atoms with Crippen molar-refractivity contribution in [2.24, 2.45) is 20.8 Å². The smallest absolute Gasteiger partial charge is 1.00 e. The molecule has 0 atom stereocenters. The molecule has 0 saturated heterocycles. The van der Waals surface area contributed by atoms with Crippen LogP contribution in [0, 0.1) is 10.8 Å². The summed E-state index contributed by atoms with van der Waals surface area (Å²) in [5.74, 6) is 0.467. The molecule has 0 bridgehead atoms. The van der Waals surface area contributed by atoms with Gasteiger partial charge in [0, 0.05) is 51.7 Å². The van der Waals surface area contributed by atoms with E-state index in [4.69, 9.17) is 9.47 Å². The molecule has 0 aliphatic heterocycles. The van der Waals surface area contributed by atoms with Crippen molar-refractivity contribution in [3.8, 4) is 23.0 Å². The van der Waals surface area contributed by atoms with Crippen molar-refractivity contribution in [3.05, 3.63) is 47.5 Å². The number of hydrogen-bond donors (Lipinski definition) is 2. The fourth-order valence-corrected chi connectivity index (χ4v) is 3.89. The van der Waals surface area contributed by atoms with Crippen LogP contribution in [0.15, 0.2) is 46.4 Å². The van der Waals surface area contributed by atoms with E-state index in [2.05, 4.69) is 48.3 Å². The number of nitrogens with zero attached hydrogens (tertiary/aromatic N) is 2. The Kier molecular flexibility index (Phi) is 18.7. The van der Waals surface area contributed by atoms with Gasteiger partial charge in [-0.2, -0.15) is 0 Å². The zero-order chi connectivity index (χ0) is 29.8. The third-order valence-corrected chi connectivity index (χ3v) is 5.93. The van der Waals surface area contributed by atoms with E-state index < -0.39 is 0 Å². The first kappa shape index (κ1) is 40.3. The van der Waals surface area contributed by atoms with Crippen LogP contribution in [0.3, 0.4) is 0 Å². The van der Waals surface area contributed by atoms with Crippen LogP contribution in [0.25, 0.3) is 0 Å². The van der Waals surface area contributed by atoms with Crippen LogP contribution < -0.4 is 54.3 Å². The first-order valence-corrected chi connectivity index (χ1v) is 14.1. The summed E-state index contributed by atoms with van der Waals surface area (Å²) in [6.07, 6.45) is 3.20. The minimum atomic E-state index is -0.129. The normalized spacial score (nSPS) is 12.1. The third kappa shape index (κ3) is 15.1. The second kappa shape index (κ2) is 19.5. The summed E-state index contributed by atoms with van der Waals surface area (Å²) in [5, 5.41) is 32.0. The van der Waals surface area contributed by atoms with Crippen LogP contribution >= 0.6 is 0 Å². The van der Waals surface area contributed by atoms with E-state index >= 15 is 0 Å². The van der Waals surface area contributed by atoms with Crippen LogP contribution in [0.1, 0.15) is 66.5 Å². The van der Waals surface area contributed by atoms with Crippen molar-refractivity contribution in [2.75, 3.05) is 39.3 Å². The second-order valence-corrected chi connectivity index (χ2v) is 12.3. The van der Waals surface area contributed by atoms with Gasteiger partial charge in [-0.1, -0.05) is 63.5 Å². The summed E-state index contributed by atoms with van der Waals surface area (Å²) in [5.41, 5.74) is 0.968. The summed E-state index contributed by atoms with van der Waals surface area (Å²) in [6, 6.07) is 10.6. The van der Waals surface area contributed by atoms with Crippen molar-refractivity contribution in [3.63, 3.8) is 0 Å². The second-order valence-electron chi connectivity index (χ2n) is 12.3. The minimum Gasteiger partial charge on any atom is -1.00 e. The predicted octanol–water partition coefficient (Wildman–Crippen LogP) is 0.801. The molecule has 0 radical (unpaired) electrons. The monoisotopic (exact) mass is 747 g/mol. The largest absolute Gasteiger partial charge is 3.00 e. The standard InChI is InChI=1S/C32H50N4O4.Ga.HI/c1-23(2)39-27-13-9-11-25(29(27)37)17-35-21-31(5,6)19-33-15-16-34-20-32(7,8)22-36-18-26-12-10-14-28(30(26)38)40-24(3)4;;/h9-14,17-18,23-24,33-34,37-38H,15-16,19-22H2,1-8H3;;1H/q;+3;/p-3/i;1-2;. The van der Waals surface area contributed by atoms with Gasteiger partial charge in [0.2, 0.25) is 0 Å². The minimum absolute atomic E-state index is 0. The van der Waals surface area contributed by atoms with E-state index in [1.165, 1.54) is 0 Å². The molecular weight excluding hydrogens is 699 g/mol. The molecule has 2 aromatic rings. The maximum absolute atomic E-state index is 12.5. The van der Waals surface area contributed by atoms with Gasteiger partial charge in [-0.05, 0) is 61.8 Å². The zero-order valence-electron chi connectivity index (χ0n) is 26.5. The molecule has 0 heterocycles. The number of benzene rings is 2. The molecule has 42 heavy (non-hydrogen) atoms. The molecule has 2 N–H and O–H groups in total. The Hall–Kier alpha value is -1.73. The van der Waals surface area contributed by atoms with Gasteiger partial charge in [0.25, 0.3) is 0 Å². The average Bonchev–Trinajstić information content (AvgIpc) is 2.85. The van der Waals surface area contributed by atoms with Crippen molar-refractivity contribution < 1.29 is 43.7 Å². The third-order valence-electron chi connectivity index (χ3n) is 5.93. The molecule has 230 valence electrons. The van der Waals surface area contributed by atoms with Gasteiger partial charge in [0.05, 0.1) is 12.2 Å². The molecule has 10 heteroatoms. The molecule has 8 nitrogen and oxygen atoms in total. The summed E-state index contributed by atoms with van der Waals surface area (Å²) in [4.78, 5) is 9.08. The van der Waals surface area contributed by atoms with Crippen molar-refractivity contribution in [1.29, 1.82) is 0 Å². The van der Waals surface area contributed by atoms with E-state index in [-0.39, 0.29) is 78.3 Å². The molecule has 2 aromatic carbocycles. The molecule has 0 amide bonds. The molecule has 0 fully saturated rings. The van der Waals surface area contributed by atoms with E-state index in [9.17, 15) is 10.2 Å². The Morgan fingerprint density at radius 3 is 1.40 bits per heavy atom. The van der Waals surface area contributed by atoms with Gasteiger partial charge in [-0.15, -0.1) is 0 Å². The number of aliphatic imine (C=N–C) groups is 2. The number of rotatable bonds is 17. The van der Waals surface area contributed by atoms with Crippen LogP contribution in [0.5, 0.6) is 23.0 Å². The molecule has 0 saturated carbocycles. The Morgan fingerprint density at radius 2 is 1.07 bits per heavy atom. The number of halogens is 1. The number of para-hydroxylation sites is 2. The fraction of sp³-hybridized carbons (Fsp3) is 0.562. The van der Waals surface area contributed by atoms with Crippen LogP contribution in [-0.4, -0.2) is 83.7 Å². The molecule has 0 aromatic heterocycles. The Labute approximate surface area is 283 Å². The molecule has 0 spiro atoms. The van der Waals surface area contributed by atoms with Gasteiger partial charge < -0.3 is 54.3 Å². The first-order chi connectivity index (χ1) is 18.8. The first-order valence-electron chi connectivity index (χ1n) is 14.1. The van der Waals surface area contributed by atoms with Crippen LogP contribution in [0.4, 0.5) is 0 Å².